The van der Waals surface area contributed by atoms with Gasteiger partial charge in [-0.2, -0.15) is 0 Å². The summed E-state index contributed by atoms with van der Waals surface area (Å²) in [6, 6.07) is 6.08. The van der Waals surface area contributed by atoms with Gasteiger partial charge in [0.1, 0.15) is 11.9 Å². The Labute approximate surface area is 111 Å². The molecule has 1 N–H and O–H groups in total. The number of benzene rings is 1. The van der Waals surface area contributed by atoms with E-state index in [9.17, 15) is 5.11 Å². The molecule has 3 heteroatoms. The molecular weight excluding hydrogens is 280 g/mol. The molecule has 0 aromatic heterocycles. The fraction of sp³-hybridized carbons (Fsp3) is 0.571. The van der Waals surface area contributed by atoms with E-state index in [1.807, 2.05) is 18.2 Å². The molecule has 17 heavy (non-hydrogen) atoms. The van der Waals surface area contributed by atoms with E-state index in [1.165, 1.54) is 5.56 Å². The van der Waals surface area contributed by atoms with Crippen molar-refractivity contribution in [3.8, 4) is 5.75 Å². The van der Waals surface area contributed by atoms with Gasteiger partial charge in [-0.3, -0.25) is 0 Å². The molecule has 1 aliphatic carbocycles. The van der Waals surface area contributed by atoms with E-state index in [0.29, 0.717) is 0 Å². The second-order valence-electron chi connectivity index (χ2n) is 5.15. The van der Waals surface area contributed by atoms with E-state index < -0.39 is 0 Å². The fourth-order valence-electron chi connectivity index (χ4n) is 2.30. The maximum absolute atomic E-state index is 9.84. The second kappa shape index (κ2) is 4.62. The van der Waals surface area contributed by atoms with Gasteiger partial charge in [-0.25, -0.2) is 0 Å². The van der Waals surface area contributed by atoms with Gasteiger partial charge >= 0.3 is 0 Å². The van der Waals surface area contributed by atoms with Crippen LogP contribution in [0.5, 0.6) is 5.75 Å². The highest BCUT2D eigenvalue weighted by atomic mass is 79.9. The van der Waals surface area contributed by atoms with Crippen LogP contribution in [-0.2, 0) is 0 Å². The summed E-state index contributed by atoms with van der Waals surface area (Å²) >= 11 is 3.52. The Hall–Kier alpha value is -0.540. The first kappa shape index (κ1) is 12.9. The molecule has 3 unspecified atom stereocenters. The third kappa shape index (κ3) is 2.23. The Kier molecular flexibility index (Phi) is 3.50. The number of aliphatic hydroxyl groups excluding tert-OH is 1. The van der Waals surface area contributed by atoms with E-state index in [1.54, 1.807) is 0 Å². The Balaban J connectivity index is 2.12. The lowest BCUT2D eigenvalue weighted by atomic mass is 9.63. The van der Waals surface area contributed by atoms with Gasteiger partial charge in [-0.15, -0.1) is 0 Å². The first-order valence-corrected chi connectivity index (χ1v) is 6.87. The number of halogens is 1. The van der Waals surface area contributed by atoms with Gasteiger partial charge in [-0.1, -0.05) is 19.9 Å². The second-order valence-corrected chi connectivity index (χ2v) is 6.01. The Morgan fingerprint density at radius 2 is 2.24 bits per heavy atom. The Bertz CT molecular complexity index is 419. The molecule has 0 heterocycles. The van der Waals surface area contributed by atoms with Crippen molar-refractivity contribution in [2.24, 2.45) is 5.41 Å². The molecule has 1 aromatic carbocycles. The van der Waals surface area contributed by atoms with Crippen LogP contribution in [0, 0.1) is 12.3 Å². The van der Waals surface area contributed by atoms with Gasteiger partial charge in [0.15, 0.2) is 0 Å². The van der Waals surface area contributed by atoms with Crippen LogP contribution in [0.2, 0.25) is 0 Å². The molecule has 0 bridgehead atoms. The number of aliphatic hydroxyl groups is 1. The van der Waals surface area contributed by atoms with E-state index in [0.717, 1.165) is 23.1 Å². The lowest BCUT2D eigenvalue weighted by molar-refractivity contribution is -0.147. The molecule has 1 saturated carbocycles. The van der Waals surface area contributed by atoms with Gasteiger partial charge in [0.25, 0.3) is 0 Å². The topological polar surface area (TPSA) is 29.5 Å². The summed E-state index contributed by atoms with van der Waals surface area (Å²) in [6.45, 7) is 6.24. The third-order valence-electron chi connectivity index (χ3n) is 4.05. The van der Waals surface area contributed by atoms with E-state index in [-0.39, 0.29) is 17.6 Å². The van der Waals surface area contributed by atoms with Gasteiger partial charge in [0.2, 0.25) is 0 Å². The van der Waals surface area contributed by atoms with Crippen molar-refractivity contribution >= 4 is 15.9 Å². The van der Waals surface area contributed by atoms with Crippen LogP contribution in [0.4, 0.5) is 0 Å². The predicted molar refractivity (Wildman–Crippen MR) is 72.3 cm³/mol. The molecule has 3 atom stereocenters. The normalized spacial score (nSPS) is 32.1. The average Bonchev–Trinajstić information content (AvgIpc) is 2.30. The zero-order chi connectivity index (χ0) is 12.6. The first-order chi connectivity index (χ1) is 7.97. The summed E-state index contributed by atoms with van der Waals surface area (Å²) in [5.74, 6) is 0.868. The molecule has 1 fully saturated rings. The van der Waals surface area contributed by atoms with Crippen LogP contribution >= 0.6 is 15.9 Å². The number of hydrogen-bond donors (Lipinski definition) is 1. The van der Waals surface area contributed by atoms with Crippen LogP contribution in [0.1, 0.15) is 32.3 Å². The zero-order valence-electron chi connectivity index (χ0n) is 10.5. The van der Waals surface area contributed by atoms with Gasteiger partial charge in [0.05, 0.1) is 10.6 Å². The van der Waals surface area contributed by atoms with Crippen LogP contribution in [0.15, 0.2) is 22.7 Å². The summed E-state index contributed by atoms with van der Waals surface area (Å²) in [5, 5.41) is 9.84. The quantitative estimate of drug-likeness (QED) is 0.922. The number of ether oxygens (including phenoxy) is 1. The number of aryl methyl sites for hydroxylation is 1. The molecular formula is C14H19BrO2. The third-order valence-corrected chi connectivity index (χ3v) is 4.67. The van der Waals surface area contributed by atoms with Crippen molar-refractivity contribution in [1.82, 2.24) is 0 Å². The lowest BCUT2D eigenvalue weighted by Crippen LogP contribution is -2.57. The summed E-state index contributed by atoms with van der Waals surface area (Å²) < 4.78 is 6.99. The van der Waals surface area contributed by atoms with Gasteiger partial charge < -0.3 is 9.84 Å². The van der Waals surface area contributed by atoms with Crippen LogP contribution in [0.25, 0.3) is 0 Å². The molecule has 0 spiro atoms. The fourth-order valence-corrected chi connectivity index (χ4v) is 2.88. The highest BCUT2D eigenvalue weighted by molar-refractivity contribution is 9.10. The zero-order valence-corrected chi connectivity index (χ0v) is 12.1. The smallest absolute Gasteiger partial charge is 0.133 e. The van der Waals surface area contributed by atoms with Crippen molar-refractivity contribution in [1.29, 1.82) is 0 Å². The Morgan fingerprint density at radius 1 is 1.53 bits per heavy atom. The summed E-state index contributed by atoms with van der Waals surface area (Å²) in [4.78, 5) is 0. The molecule has 1 aliphatic rings. The molecule has 0 amide bonds. The van der Waals surface area contributed by atoms with E-state index in [4.69, 9.17) is 4.74 Å². The summed E-state index contributed by atoms with van der Waals surface area (Å²) in [6.07, 6.45) is 1.54. The molecule has 2 nitrogen and oxygen atoms in total. The van der Waals surface area contributed by atoms with Crippen molar-refractivity contribution in [3.05, 3.63) is 28.2 Å². The Morgan fingerprint density at radius 3 is 2.76 bits per heavy atom. The van der Waals surface area contributed by atoms with Crippen molar-refractivity contribution < 1.29 is 9.84 Å². The maximum Gasteiger partial charge on any atom is 0.133 e. The molecule has 0 saturated heterocycles. The molecule has 1 aromatic rings. The summed E-state index contributed by atoms with van der Waals surface area (Å²) in [5.41, 5.74) is 1.10. The lowest BCUT2D eigenvalue weighted by Gasteiger charge is -2.50. The highest BCUT2D eigenvalue weighted by Gasteiger charge is 2.51. The van der Waals surface area contributed by atoms with Crippen molar-refractivity contribution in [2.75, 3.05) is 0 Å². The van der Waals surface area contributed by atoms with E-state index in [2.05, 4.69) is 36.7 Å². The van der Waals surface area contributed by atoms with Crippen molar-refractivity contribution in [3.63, 3.8) is 0 Å². The average molecular weight is 299 g/mol. The minimum absolute atomic E-state index is 0.107. The van der Waals surface area contributed by atoms with Crippen LogP contribution < -0.4 is 4.74 Å². The highest BCUT2D eigenvalue weighted by Crippen LogP contribution is 2.46. The minimum atomic E-state index is -0.235. The van der Waals surface area contributed by atoms with Crippen molar-refractivity contribution in [2.45, 2.75) is 45.8 Å². The standard InChI is InChI=1S/C14H19BrO2/c1-4-14(3)12(16)8-13(14)17-11-6-5-9(2)7-10(11)15/h5-7,12-13,16H,4,8H2,1-3H3. The molecule has 0 aliphatic heterocycles. The maximum atomic E-state index is 9.84. The van der Waals surface area contributed by atoms with Gasteiger partial charge in [0, 0.05) is 11.8 Å². The molecule has 94 valence electrons. The largest absolute Gasteiger partial charge is 0.488 e. The first-order valence-electron chi connectivity index (χ1n) is 6.08. The number of rotatable bonds is 3. The number of hydrogen-bond acceptors (Lipinski definition) is 2. The SMILES string of the molecule is CCC1(C)C(O)CC1Oc1ccc(C)cc1Br. The summed E-state index contributed by atoms with van der Waals surface area (Å²) in [7, 11) is 0. The molecule has 2 rings (SSSR count). The predicted octanol–water partition coefficient (Wildman–Crippen LogP) is 3.69. The van der Waals surface area contributed by atoms with Crippen LogP contribution in [0.3, 0.4) is 0 Å². The van der Waals surface area contributed by atoms with Gasteiger partial charge in [-0.05, 0) is 47.0 Å². The van der Waals surface area contributed by atoms with Crippen LogP contribution in [-0.4, -0.2) is 17.3 Å². The monoisotopic (exact) mass is 298 g/mol. The minimum Gasteiger partial charge on any atom is -0.488 e. The molecule has 0 radical (unpaired) electrons. The van der Waals surface area contributed by atoms with E-state index >= 15 is 0 Å².